The van der Waals surface area contributed by atoms with Gasteiger partial charge in [-0.25, -0.2) is 4.98 Å². The smallest absolute Gasteiger partial charge is 0.159 e. The van der Waals surface area contributed by atoms with Crippen molar-refractivity contribution in [2.75, 3.05) is 0 Å². The molecule has 88 valence electrons. The van der Waals surface area contributed by atoms with E-state index in [1.165, 1.54) is 18.3 Å². The Kier molecular flexibility index (Phi) is 3.76. The maximum atomic E-state index is 11.1. The lowest BCUT2D eigenvalue weighted by Crippen LogP contribution is -1.97. The second-order valence-electron chi connectivity index (χ2n) is 3.47. The number of hydrogen-bond acceptors (Lipinski definition) is 4. The van der Waals surface area contributed by atoms with Crippen molar-refractivity contribution in [3.8, 4) is 5.75 Å². The summed E-state index contributed by atoms with van der Waals surface area (Å²) < 4.78 is 5.52. The number of ketones is 1. The topological polar surface area (TPSA) is 39.2 Å². The van der Waals surface area contributed by atoms with Crippen LogP contribution in [0.15, 0.2) is 29.1 Å². The second-order valence-corrected chi connectivity index (χ2v) is 4.60. The molecule has 0 radical (unpaired) electrons. The monoisotopic (exact) mass is 267 g/mol. The molecular weight excluding hydrogens is 258 g/mol. The first-order valence-corrected chi connectivity index (χ1v) is 6.29. The summed E-state index contributed by atoms with van der Waals surface area (Å²) in [4.78, 5) is 15.2. The van der Waals surface area contributed by atoms with E-state index in [4.69, 9.17) is 16.3 Å². The molecule has 0 saturated heterocycles. The number of thiazole rings is 1. The Balaban J connectivity index is 2.09. The Bertz CT molecular complexity index is 525. The van der Waals surface area contributed by atoms with Crippen LogP contribution in [0.5, 0.6) is 5.75 Å². The highest BCUT2D eigenvalue weighted by Crippen LogP contribution is 2.26. The lowest BCUT2D eigenvalue weighted by molar-refractivity contribution is 0.101. The molecule has 2 rings (SSSR count). The van der Waals surface area contributed by atoms with Crippen molar-refractivity contribution in [3.05, 3.63) is 45.4 Å². The Morgan fingerprint density at radius 2 is 2.35 bits per heavy atom. The normalized spacial score (nSPS) is 10.2. The highest BCUT2D eigenvalue weighted by atomic mass is 35.5. The number of halogens is 1. The van der Waals surface area contributed by atoms with Gasteiger partial charge in [-0.2, -0.15) is 0 Å². The van der Waals surface area contributed by atoms with Crippen LogP contribution in [0.4, 0.5) is 0 Å². The Hall–Kier alpha value is -1.39. The van der Waals surface area contributed by atoms with Crippen molar-refractivity contribution in [1.29, 1.82) is 0 Å². The molecule has 5 heteroatoms. The van der Waals surface area contributed by atoms with Crippen molar-refractivity contribution < 1.29 is 9.53 Å². The lowest BCUT2D eigenvalue weighted by atomic mass is 10.1. The van der Waals surface area contributed by atoms with Crippen LogP contribution in [0.3, 0.4) is 0 Å². The number of nitrogens with zero attached hydrogens (tertiary/aromatic N) is 1. The van der Waals surface area contributed by atoms with Crippen LogP contribution in [-0.4, -0.2) is 10.8 Å². The molecule has 17 heavy (non-hydrogen) atoms. The maximum absolute atomic E-state index is 11.1. The van der Waals surface area contributed by atoms with Crippen molar-refractivity contribution in [1.82, 2.24) is 4.98 Å². The van der Waals surface area contributed by atoms with Crippen LogP contribution < -0.4 is 4.74 Å². The van der Waals surface area contributed by atoms with E-state index in [1.54, 1.807) is 23.7 Å². The van der Waals surface area contributed by atoms with Crippen LogP contribution in [0.1, 0.15) is 23.0 Å². The lowest BCUT2D eigenvalue weighted by Gasteiger charge is -2.07. The molecule has 0 atom stereocenters. The number of benzene rings is 1. The van der Waals surface area contributed by atoms with E-state index in [0.29, 0.717) is 22.9 Å². The molecule has 2 aromatic rings. The molecule has 0 saturated carbocycles. The van der Waals surface area contributed by atoms with Gasteiger partial charge in [0.1, 0.15) is 12.4 Å². The highest BCUT2D eigenvalue weighted by Gasteiger charge is 2.06. The summed E-state index contributed by atoms with van der Waals surface area (Å²) in [5.41, 5.74) is 3.19. The number of carbonyl (C=O) groups excluding carboxylic acids is 1. The Morgan fingerprint density at radius 1 is 1.53 bits per heavy atom. The average molecular weight is 268 g/mol. The Morgan fingerprint density at radius 3 is 2.94 bits per heavy atom. The average Bonchev–Trinajstić information content (AvgIpc) is 2.80. The van der Waals surface area contributed by atoms with E-state index in [0.717, 1.165) is 5.69 Å². The minimum Gasteiger partial charge on any atom is -0.486 e. The molecule has 1 aromatic carbocycles. The molecule has 0 unspecified atom stereocenters. The minimum atomic E-state index is -0.0158. The van der Waals surface area contributed by atoms with Crippen molar-refractivity contribution in [2.24, 2.45) is 0 Å². The van der Waals surface area contributed by atoms with Gasteiger partial charge in [-0.15, -0.1) is 11.3 Å². The van der Waals surface area contributed by atoms with Gasteiger partial charge in [0.15, 0.2) is 5.78 Å². The SMILES string of the molecule is CC(=O)c1ccc(OCc2cscn2)c(Cl)c1. The van der Waals surface area contributed by atoms with Gasteiger partial charge in [-0.05, 0) is 25.1 Å². The number of Topliss-reactive ketones (excluding diaryl/α,β-unsaturated/α-hetero) is 1. The molecule has 0 fully saturated rings. The Labute approximate surface area is 108 Å². The fourth-order valence-electron chi connectivity index (χ4n) is 1.30. The predicted molar refractivity (Wildman–Crippen MR) is 67.9 cm³/mol. The third-order valence-corrected chi connectivity index (χ3v) is 3.13. The number of rotatable bonds is 4. The molecule has 0 spiro atoms. The summed E-state index contributed by atoms with van der Waals surface area (Å²) >= 11 is 7.54. The molecular formula is C12H10ClNO2S. The fraction of sp³-hybridized carbons (Fsp3) is 0.167. The van der Waals surface area contributed by atoms with Crippen molar-refractivity contribution >= 4 is 28.7 Å². The fourth-order valence-corrected chi connectivity index (χ4v) is 2.08. The first kappa shape index (κ1) is 12.1. The predicted octanol–water partition coefficient (Wildman–Crippen LogP) is 3.58. The summed E-state index contributed by atoms with van der Waals surface area (Å²) in [6.07, 6.45) is 0. The summed E-state index contributed by atoms with van der Waals surface area (Å²) in [5.74, 6) is 0.544. The number of carbonyl (C=O) groups is 1. The molecule has 3 nitrogen and oxygen atoms in total. The molecule has 0 N–H and O–H groups in total. The van der Waals surface area contributed by atoms with E-state index in [9.17, 15) is 4.79 Å². The second kappa shape index (κ2) is 5.29. The van der Waals surface area contributed by atoms with Gasteiger partial charge in [0.2, 0.25) is 0 Å². The van der Waals surface area contributed by atoms with Crippen LogP contribution in [0, 0.1) is 0 Å². The van der Waals surface area contributed by atoms with E-state index in [2.05, 4.69) is 4.98 Å². The molecule has 0 amide bonds. The number of aromatic nitrogens is 1. The molecule has 0 aliphatic carbocycles. The van der Waals surface area contributed by atoms with E-state index >= 15 is 0 Å². The van der Waals surface area contributed by atoms with E-state index < -0.39 is 0 Å². The van der Waals surface area contributed by atoms with Crippen LogP contribution in [-0.2, 0) is 6.61 Å². The van der Waals surface area contributed by atoms with E-state index in [-0.39, 0.29) is 5.78 Å². The van der Waals surface area contributed by atoms with Gasteiger partial charge >= 0.3 is 0 Å². The molecule has 0 aliphatic heterocycles. The van der Waals surface area contributed by atoms with Gasteiger partial charge in [0.05, 0.1) is 16.2 Å². The van der Waals surface area contributed by atoms with Gasteiger partial charge in [0, 0.05) is 10.9 Å². The first-order chi connectivity index (χ1) is 8.16. The number of ether oxygens (including phenoxy) is 1. The minimum absolute atomic E-state index is 0.0158. The van der Waals surface area contributed by atoms with Gasteiger partial charge < -0.3 is 4.74 Å². The third-order valence-electron chi connectivity index (χ3n) is 2.20. The summed E-state index contributed by atoms with van der Waals surface area (Å²) in [7, 11) is 0. The first-order valence-electron chi connectivity index (χ1n) is 4.97. The molecule has 0 bridgehead atoms. The van der Waals surface area contributed by atoms with Crippen LogP contribution in [0.2, 0.25) is 5.02 Å². The van der Waals surface area contributed by atoms with Crippen molar-refractivity contribution in [3.63, 3.8) is 0 Å². The summed E-state index contributed by atoms with van der Waals surface area (Å²) in [6.45, 7) is 1.88. The molecule has 0 aliphatic rings. The standard InChI is InChI=1S/C12H10ClNO2S/c1-8(15)9-2-3-12(11(13)4-9)16-5-10-6-17-7-14-10/h2-4,6-7H,5H2,1H3. The van der Waals surface area contributed by atoms with Gasteiger partial charge in [-0.3, -0.25) is 4.79 Å². The largest absolute Gasteiger partial charge is 0.486 e. The van der Waals surface area contributed by atoms with Crippen molar-refractivity contribution in [2.45, 2.75) is 13.5 Å². The molecule has 1 heterocycles. The van der Waals surface area contributed by atoms with E-state index in [1.807, 2.05) is 5.38 Å². The van der Waals surface area contributed by atoms with Gasteiger partial charge in [-0.1, -0.05) is 11.6 Å². The number of hydrogen-bond donors (Lipinski definition) is 0. The maximum Gasteiger partial charge on any atom is 0.159 e. The zero-order valence-corrected chi connectivity index (χ0v) is 10.7. The zero-order chi connectivity index (χ0) is 12.3. The quantitative estimate of drug-likeness (QED) is 0.795. The summed E-state index contributed by atoms with van der Waals surface area (Å²) in [6, 6.07) is 5.01. The van der Waals surface area contributed by atoms with Gasteiger partial charge in [0.25, 0.3) is 0 Å². The zero-order valence-electron chi connectivity index (χ0n) is 9.14. The van der Waals surface area contributed by atoms with Crippen LogP contribution in [0.25, 0.3) is 0 Å². The van der Waals surface area contributed by atoms with Crippen LogP contribution >= 0.6 is 22.9 Å². The molecule has 1 aromatic heterocycles. The summed E-state index contributed by atoms with van der Waals surface area (Å²) in [5, 5.41) is 2.35. The third kappa shape index (κ3) is 3.05. The highest BCUT2D eigenvalue weighted by molar-refractivity contribution is 7.07.